The Morgan fingerprint density at radius 1 is 1.19 bits per heavy atom. The number of rotatable bonds is 11. The van der Waals surface area contributed by atoms with Crippen molar-refractivity contribution in [1.82, 2.24) is 0 Å². The van der Waals surface area contributed by atoms with Crippen molar-refractivity contribution >= 4 is 26.2 Å². The lowest BCUT2D eigenvalue weighted by molar-refractivity contribution is -0.178. The van der Waals surface area contributed by atoms with E-state index in [1.165, 1.54) is 24.2 Å². The highest BCUT2D eigenvalue weighted by molar-refractivity contribution is 7.99. The average molecular weight is 412 g/mol. The van der Waals surface area contributed by atoms with E-state index in [0.29, 0.717) is 19.1 Å². The first-order valence-corrected chi connectivity index (χ1v) is 12.1. The molecule has 0 amide bonds. The Hall–Kier alpha value is -0.900. The van der Waals surface area contributed by atoms with Crippen molar-refractivity contribution in [3.63, 3.8) is 0 Å². The Morgan fingerprint density at radius 3 is 2.48 bits per heavy atom. The number of ether oxygens (including phenoxy) is 2. The molecule has 27 heavy (non-hydrogen) atoms. The molecule has 1 saturated carbocycles. The van der Waals surface area contributed by atoms with Crippen LogP contribution in [0.1, 0.15) is 46.0 Å². The standard InChI is InChI=1S/C21H31O4PS/c1-3-24-20(22)21(16-26-23,25-4-2)19(17-11-7-5-8-12-17)15-27-18-13-9-6-10-14-18/h6,9-10,13-14,17,19H,3-5,7-8,11-12,15-16H2,1-2H3/p+1. The van der Waals surface area contributed by atoms with Gasteiger partial charge in [-0.15, -0.1) is 11.8 Å². The molecule has 1 aromatic rings. The third-order valence-electron chi connectivity index (χ3n) is 5.35. The molecule has 0 heterocycles. The van der Waals surface area contributed by atoms with Crippen molar-refractivity contribution in [2.24, 2.45) is 11.8 Å². The number of hydrogen-bond acceptors (Lipinski definition) is 5. The van der Waals surface area contributed by atoms with Crippen molar-refractivity contribution in [3.8, 4) is 0 Å². The first-order chi connectivity index (χ1) is 13.2. The molecule has 1 aliphatic carbocycles. The fourth-order valence-electron chi connectivity index (χ4n) is 4.08. The topological polar surface area (TPSA) is 52.6 Å². The van der Waals surface area contributed by atoms with Crippen LogP contribution in [0.25, 0.3) is 0 Å². The summed E-state index contributed by atoms with van der Waals surface area (Å²) in [5, 5.41) is 0. The zero-order valence-corrected chi connectivity index (χ0v) is 18.3. The van der Waals surface area contributed by atoms with Crippen LogP contribution in [0.2, 0.25) is 0 Å². The maximum atomic E-state index is 13.0. The number of thioether (sulfide) groups is 1. The fourth-order valence-corrected chi connectivity index (χ4v) is 6.07. The van der Waals surface area contributed by atoms with Crippen LogP contribution in [-0.2, 0) is 18.8 Å². The van der Waals surface area contributed by atoms with Crippen LogP contribution in [0.15, 0.2) is 35.2 Å². The van der Waals surface area contributed by atoms with Crippen molar-refractivity contribution < 1.29 is 18.8 Å². The largest absolute Gasteiger partial charge is 0.464 e. The second-order valence-electron chi connectivity index (χ2n) is 6.99. The number of benzene rings is 1. The smallest absolute Gasteiger partial charge is 0.343 e. The Morgan fingerprint density at radius 2 is 1.89 bits per heavy atom. The summed E-state index contributed by atoms with van der Waals surface area (Å²) in [5.41, 5.74) is -1.12. The molecule has 0 saturated heterocycles. The summed E-state index contributed by atoms with van der Waals surface area (Å²) in [7, 11) is -0.591. The van der Waals surface area contributed by atoms with Gasteiger partial charge in [0.1, 0.15) is 0 Å². The number of carbonyl (C=O) groups is 1. The van der Waals surface area contributed by atoms with Crippen LogP contribution in [0.5, 0.6) is 0 Å². The molecule has 0 radical (unpaired) electrons. The maximum absolute atomic E-state index is 13.0. The van der Waals surface area contributed by atoms with E-state index in [1.807, 2.05) is 32.0 Å². The van der Waals surface area contributed by atoms with Gasteiger partial charge in [-0.1, -0.05) is 54.9 Å². The van der Waals surface area contributed by atoms with Gasteiger partial charge in [0.25, 0.3) is 0 Å². The van der Waals surface area contributed by atoms with Gasteiger partial charge in [-0.2, -0.15) is 0 Å². The van der Waals surface area contributed by atoms with Crippen LogP contribution < -0.4 is 0 Å². The molecule has 0 N–H and O–H groups in total. The lowest BCUT2D eigenvalue weighted by Crippen LogP contribution is -2.55. The van der Waals surface area contributed by atoms with E-state index in [-0.39, 0.29) is 18.0 Å². The van der Waals surface area contributed by atoms with Crippen LogP contribution >= 0.6 is 20.2 Å². The zero-order chi connectivity index (χ0) is 19.5. The van der Waals surface area contributed by atoms with E-state index < -0.39 is 14.1 Å². The summed E-state index contributed by atoms with van der Waals surface area (Å²) in [6.07, 6.45) is 6.01. The quantitative estimate of drug-likeness (QED) is 0.280. The van der Waals surface area contributed by atoms with Gasteiger partial charge < -0.3 is 9.47 Å². The predicted molar refractivity (Wildman–Crippen MR) is 112 cm³/mol. The lowest BCUT2D eigenvalue weighted by atomic mass is 9.73. The van der Waals surface area contributed by atoms with Gasteiger partial charge in [-0.05, 0) is 31.9 Å². The first-order valence-electron chi connectivity index (χ1n) is 10.0. The molecule has 0 aromatic heterocycles. The van der Waals surface area contributed by atoms with Gasteiger partial charge in [0.05, 0.1) is 6.61 Å². The van der Waals surface area contributed by atoms with Crippen LogP contribution in [-0.4, -0.2) is 36.7 Å². The van der Waals surface area contributed by atoms with Gasteiger partial charge >= 0.3 is 14.4 Å². The monoisotopic (exact) mass is 411 g/mol. The Kier molecular flexibility index (Phi) is 9.81. The summed E-state index contributed by atoms with van der Waals surface area (Å²) in [4.78, 5) is 14.2. The molecule has 1 aliphatic rings. The number of hydrogen-bond donors (Lipinski definition) is 0. The number of carbonyl (C=O) groups excluding carboxylic acids is 1. The maximum Gasteiger partial charge on any atom is 0.343 e. The molecule has 4 nitrogen and oxygen atoms in total. The lowest BCUT2D eigenvalue weighted by Gasteiger charge is -2.40. The van der Waals surface area contributed by atoms with Gasteiger partial charge in [0.15, 0.2) is 6.16 Å². The second-order valence-corrected chi connectivity index (χ2v) is 8.73. The van der Waals surface area contributed by atoms with E-state index in [4.69, 9.17) is 9.47 Å². The molecule has 2 rings (SSSR count). The summed E-state index contributed by atoms with van der Waals surface area (Å²) in [5.74, 6) is 0.794. The van der Waals surface area contributed by atoms with Crippen molar-refractivity contribution in [2.75, 3.05) is 25.1 Å². The van der Waals surface area contributed by atoms with Crippen molar-refractivity contribution in [1.29, 1.82) is 0 Å². The predicted octanol–water partition coefficient (Wildman–Crippen LogP) is 5.34. The van der Waals surface area contributed by atoms with Gasteiger partial charge in [-0.3, -0.25) is 0 Å². The molecule has 0 spiro atoms. The minimum Gasteiger partial charge on any atom is -0.464 e. The highest BCUT2D eigenvalue weighted by Gasteiger charge is 2.53. The molecule has 0 aliphatic heterocycles. The Labute approximate surface area is 169 Å². The average Bonchev–Trinajstić information content (AvgIpc) is 2.70. The summed E-state index contributed by atoms with van der Waals surface area (Å²) < 4.78 is 23.3. The van der Waals surface area contributed by atoms with Crippen LogP contribution in [0, 0.1) is 11.8 Å². The summed E-state index contributed by atoms with van der Waals surface area (Å²) in [6.45, 7) is 4.41. The second kappa shape index (κ2) is 11.8. The first kappa shape index (κ1) is 22.4. The molecule has 150 valence electrons. The van der Waals surface area contributed by atoms with Gasteiger partial charge in [-0.25, -0.2) is 4.79 Å². The highest BCUT2D eigenvalue weighted by Crippen LogP contribution is 2.42. The molecule has 3 unspecified atom stereocenters. The third kappa shape index (κ3) is 6.04. The molecule has 6 heteroatoms. The Balaban J connectivity index is 2.34. The summed E-state index contributed by atoms with van der Waals surface area (Å²) >= 11 is 1.75. The highest BCUT2D eigenvalue weighted by atomic mass is 32.2. The molecular weight excluding hydrogens is 379 g/mol. The van der Waals surface area contributed by atoms with Crippen molar-refractivity contribution in [2.45, 2.75) is 56.4 Å². The number of esters is 1. The SMILES string of the molecule is CCOC(=O)C(C[PH+]=O)(OCC)C(CSc1ccccc1)C1CCCCC1. The minimum atomic E-state index is -1.12. The molecule has 3 atom stereocenters. The van der Waals surface area contributed by atoms with Gasteiger partial charge in [0, 0.05) is 23.2 Å². The van der Waals surface area contributed by atoms with E-state index >= 15 is 0 Å². The van der Waals surface area contributed by atoms with Crippen molar-refractivity contribution in [3.05, 3.63) is 30.3 Å². The molecular formula is C21H32O4PS+. The summed E-state index contributed by atoms with van der Waals surface area (Å²) in [6, 6.07) is 10.2. The Bertz CT molecular complexity index is 577. The molecule has 1 fully saturated rings. The fraction of sp³-hybridized carbons (Fsp3) is 0.667. The third-order valence-corrected chi connectivity index (χ3v) is 7.15. The van der Waals surface area contributed by atoms with Crippen LogP contribution in [0.4, 0.5) is 0 Å². The molecule has 0 bridgehead atoms. The van der Waals surface area contributed by atoms with E-state index in [0.717, 1.165) is 18.6 Å². The van der Waals surface area contributed by atoms with Gasteiger partial charge in [0.2, 0.25) is 5.60 Å². The van der Waals surface area contributed by atoms with Crippen LogP contribution in [0.3, 0.4) is 0 Å². The zero-order valence-electron chi connectivity index (χ0n) is 16.4. The normalized spacial score (nSPS) is 18.7. The minimum absolute atomic E-state index is 0.0107. The van der Waals surface area contributed by atoms with E-state index in [9.17, 15) is 9.36 Å². The van der Waals surface area contributed by atoms with E-state index in [2.05, 4.69) is 12.1 Å². The van der Waals surface area contributed by atoms with E-state index in [1.54, 1.807) is 11.8 Å². The molecule has 1 aromatic carbocycles.